The van der Waals surface area contributed by atoms with E-state index in [1.54, 1.807) is 12.1 Å². The Morgan fingerprint density at radius 1 is 1.14 bits per heavy atom. The minimum atomic E-state index is -4.40. The number of carbonyl (C=O) groups excluding carboxylic acids is 1. The van der Waals surface area contributed by atoms with Gasteiger partial charge in [0.1, 0.15) is 5.75 Å². The molecule has 2 aromatic rings. The second-order valence-corrected chi connectivity index (χ2v) is 7.85. The van der Waals surface area contributed by atoms with Crippen molar-refractivity contribution in [1.29, 1.82) is 0 Å². The van der Waals surface area contributed by atoms with Gasteiger partial charge in [-0.15, -0.1) is 0 Å². The number of nitrogens with one attached hydrogen (secondary N) is 1. The molecule has 0 atom stereocenters. The van der Waals surface area contributed by atoms with Gasteiger partial charge in [0.25, 0.3) is 0 Å². The molecular formula is C21H21BrF3NO3. The van der Waals surface area contributed by atoms with Crippen LogP contribution in [0, 0.1) is 0 Å². The van der Waals surface area contributed by atoms with Crippen molar-refractivity contribution in [3.05, 3.63) is 64.1 Å². The Bertz CT molecular complexity index is 834. The summed E-state index contributed by atoms with van der Waals surface area (Å²) >= 11 is 3.41. The SMILES string of the molecule is O=C(NCc1cccc(OCC(F)(F)F)c1)C1(c2ccc(Br)cc2)CCOCC1. The summed E-state index contributed by atoms with van der Waals surface area (Å²) in [6.45, 7) is -0.175. The number of amides is 1. The molecule has 0 radical (unpaired) electrons. The standard InChI is InChI=1S/C21H21BrF3NO3/c22-17-6-4-16(5-7-17)20(8-10-28-11-9-20)19(27)26-13-15-2-1-3-18(12-15)29-14-21(23,24)25/h1-7,12H,8-11,13-14H2,(H,26,27). The van der Waals surface area contributed by atoms with Crippen LogP contribution in [0.2, 0.25) is 0 Å². The average Bonchev–Trinajstić information content (AvgIpc) is 2.71. The summed E-state index contributed by atoms with van der Waals surface area (Å²) in [6, 6.07) is 14.0. The molecule has 0 bridgehead atoms. The van der Waals surface area contributed by atoms with Crippen molar-refractivity contribution in [3.63, 3.8) is 0 Å². The lowest BCUT2D eigenvalue weighted by atomic mass is 9.73. The second-order valence-electron chi connectivity index (χ2n) is 6.94. The number of hydrogen-bond acceptors (Lipinski definition) is 3. The second kappa shape index (κ2) is 9.17. The number of alkyl halides is 3. The highest BCUT2D eigenvalue weighted by atomic mass is 79.9. The van der Waals surface area contributed by atoms with E-state index in [0.717, 1.165) is 10.0 Å². The largest absolute Gasteiger partial charge is 0.484 e. The Morgan fingerprint density at radius 3 is 2.48 bits per heavy atom. The lowest BCUT2D eigenvalue weighted by molar-refractivity contribution is -0.153. The summed E-state index contributed by atoms with van der Waals surface area (Å²) < 4.78 is 48.2. The Hall–Kier alpha value is -2.06. The van der Waals surface area contributed by atoms with Crippen molar-refractivity contribution >= 4 is 21.8 Å². The summed E-state index contributed by atoms with van der Waals surface area (Å²) in [5.74, 6) is -0.00695. The van der Waals surface area contributed by atoms with E-state index in [9.17, 15) is 18.0 Å². The molecule has 29 heavy (non-hydrogen) atoms. The average molecular weight is 472 g/mol. The summed E-state index contributed by atoms with van der Waals surface area (Å²) in [6.07, 6.45) is -3.27. The number of benzene rings is 2. The fourth-order valence-corrected chi connectivity index (χ4v) is 3.66. The summed E-state index contributed by atoms with van der Waals surface area (Å²) in [4.78, 5) is 13.2. The highest BCUT2D eigenvalue weighted by molar-refractivity contribution is 9.10. The van der Waals surface area contributed by atoms with Gasteiger partial charge in [-0.1, -0.05) is 40.2 Å². The van der Waals surface area contributed by atoms with Crippen LogP contribution < -0.4 is 10.1 Å². The molecule has 1 aliphatic rings. The molecule has 0 saturated carbocycles. The number of carbonyl (C=O) groups is 1. The van der Waals surface area contributed by atoms with Gasteiger partial charge in [0.05, 0.1) is 5.41 Å². The van der Waals surface area contributed by atoms with Crippen molar-refractivity contribution < 1.29 is 27.4 Å². The molecule has 0 unspecified atom stereocenters. The predicted molar refractivity (Wildman–Crippen MR) is 106 cm³/mol. The summed E-state index contributed by atoms with van der Waals surface area (Å²) in [7, 11) is 0. The smallest absolute Gasteiger partial charge is 0.422 e. The van der Waals surface area contributed by atoms with Gasteiger partial charge in [-0.25, -0.2) is 0 Å². The Morgan fingerprint density at radius 2 is 1.83 bits per heavy atom. The van der Waals surface area contributed by atoms with Gasteiger partial charge in [-0.05, 0) is 48.2 Å². The zero-order chi connectivity index (χ0) is 20.9. The van der Waals surface area contributed by atoms with Gasteiger partial charge in [0.2, 0.25) is 5.91 Å². The first-order valence-corrected chi connectivity index (χ1v) is 9.98. The molecule has 0 aliphatic carbocycles. The van der Waals surface area contributed by atoms with Crippen LogP contribution in [0.1, 0.15) is 24.0 Å². The predicted octanol–water partition coefficient (Wildman–Crippen LogP) is 4.75. The molecule has 1 amide bonds. The van der Waals surface area contributed by atoms with Crippen LogP contribution in [0.15, 0.2) is 53.0 Å². The molecule has 1 aliphatic heterocycles. The third kappa shape index (κ3) is 5.73. The minimum Gasteiger partial charge on any atom is -0.484 e. The van der Waals surface area contributed by atoms with Crippen molar-refractivity contribution in [1.82, 2.24) is 5.32 Å². The molecule has 8 heteroatoms. The lowest BCUT2D eigenvalue weighted by Gasteiger charge is -2.36. The Kier molecular flexibility index (Phi) is 6.85. The molecule has 3 rings (SSSR count). The Labute approximate surface area is 175 Å². The van der Waals surface area contributed by atoms with Crippen LogP contribution >= 0.6 is 15.9 Å². The number of hydrogen-bond donors (Lipinski definition) is 1. The fraction of sp³-hybridized carbons (Fsp3) is 0.381. The third-order valence-corrected chi connectivity index (χ3v) is 5.46. The highest BCUT2D eigenvalue weighted by Crippen LogP contribution is 2.36. The maximum absolute atomic E-state index is 13.2. The molecule has 1 heterocycles. The van der Waals surface area contributed by atoms with E-state index in [0.29, 0.717) is 31.6 Å². The third-order valence-electron chi connectivity index (χ3n) is 4.93. The Balaban J connectivity index is 1.70. The van der Waals surface area contributed by atoms with Crippen molar-refractivity contribution in [2.45, 2.75) is 31.0 Å². The van der Waals surface area contributed by atoms with E-state index in [1.807, 2.05) is 24.3 Å². The fourth-order valence-electron chi connectivity index (χ4n) is 3.40. The molecule has 0 aromatic heterocycles. The zero-order valence-electron chi connectivity index (χ0n) is 15.6. The summed E-state index contributed by atoms with van der Waals surface area (Å²) in [5, 5.41) is 2.94. The molecule has 1 saturated heterocycles. The van der Waals surface area contributed by atoms with Crippen LogP contribution in [0.3, 0.4) is 0 Å². The molecule has 156 valence electrons. The van der Waals surface area contributed by atoms with Crippen LogP contribution in [0.5, 0.6) is 5.75 Å². The van der Waals surface area contributed by atoms with E-state index in [2.05, 4.69) is 21.2 Å². The van der Waals surface area contributed by atoms with Crippen molar-refractivity contribution in [3.8, 4) is 5.75 Å². The maximum Gasteiger partial charge on any atom is 0.422 e. The maximum atomic E-state index is 13.2. The van der Waals surface area contributed by atoms with Gasteiger partial charge in [0.15, 0.2) is 6.61 Å². The minimum absolute atomic E-state index is 0.114. The summed E-state index contributed by atoms with van der Waals surface area (Å²) in [5.41, 5.74) is 0.892. The highest BCUT2D eigenvalue weighted by Gasteiger charge is 2.41. The number of ether oxygens (including phenoxy) is 2. The van der Waals surface area contributed by atoms with Crippen LogP contribution in [-0.2, 0) is 21.5 Å². The van der Waals surface area contributed by atoms with Crippen molar-refractivity contribution in [2.24, 2.45) is 0 Å². The topological polar surface area (TPSA) is 47.6 Å². The van der Waals surface area contributed by atoms with Gasteiger partial charge in [-0.2, -0.15) is 13.2 Å². The van der Waals surface area contributed by atoms with Crippen molar-refractivity contribution in [2.75, 3.05) is 19.8 Å². The van der Waals surface area contributed by atoms with E-state index in [1.165, 1.54) is 12.1 Å². The lowest BCUT2D eigenvalue weighted by Crippen LogP contribution is -2.47. The van der Waals surface area contributed by atoms with E-state index in [4.69, 9.17) is 9.47 Å². The van der Waals surface area contributed by atoms with E-state index >= 15 is 0 Å². The normalized spacial score (nSPS) is 16.3. The molecule has 1 fully saturated rings. The van der Waals surface area contributed by atoms with Crippen LogP contribution in [0.25, 0.3) is 0 Å². The number of halogens is 4. The van der Waals surface area contributed by atoms with E-state index in [-0.39, 0.29) is 18.2 Å². The molecular weight excluding hydrogens is 451 g/mol. The first-order chi connectivity index (χ1) is 13.8. The van der Waals surface area contributed by atoms with Gasteiger partial charge in [0, 0.05) is 24.2 Å². The van der Waals surface area contributed by atoms with Gasteiger partial charge >= 0.3 is 6.18 Å². The van der Waals surface area contributed by atoms with Gasteiger partial charge < -0.3 is 14.8 Å². The molecule has 0 spiro atoms. The zero-order valence-corrected chi connectivity index (χ0v) is 17.2. The molecule has 1 N–H and O–H groups in total. The first-order valence-electron chi connectivity index (χ1n) is 9.19. The first kappa shape index (κ1) is 21.6. The van der Waals surface area contributed by atoms with Gasteiger partial charge in [-0.3, -0.25) is 4.79 Å². The van der Waals surface area contributed by atoms with Crippen LogP contribution in [-0.4, -0.2) is 31.9 Å². The van der Waals surface area contributed by atoms with Crippen LogP contribution in [0.4, 0.5) is 13.2 Å². The number of rotatable bonds is 6. The van der Waals surface area contributed by atoms with E-state index < -0.39 is 18.2 Å². The molecule has 2 aromatic carbocycles. The molecule has 4 nitrogen and oxygen atoms in total. The monoisotopic (exact) mass is 471 g/mol. The quantitative estimate of drug-likeness (QED) is 0.660.